The number of nitrogens with zero attached hydrogens (tertiary/aromatic N) is 3. The van der Waals surface area contributed by atoms with Crippen molar-refractivity contribution in [1.29, 1.82) is 0 Å². The molecule has 3 rings (SSSR count). The van der Waals surface area contributed by atoms with Crippen LogP contribution in [0.5, 0.6) is 0 Å². The Morgan fingerprint density at radius 2 is 2.19 bits per heavy atom. The zero-order chi connectivity index (χ0) is 19.3. The Bertz CT molecular complexity index is 730. The lowest BCUT2D eigenvalue weighted by Gasteiger charge is -2.34. The largest absolute Gasteiger partial charge is 0.490 e. The minimum atomic E-state index is -5.08. The SMILES string of the molecule is COCC1CN(Cc2sccc2C)Cc2cncn21.O=C(O)C(F)(F)F. The van der Waals surface area contributed by atoms with Gasteiger partial charge < -0.3 is 14.4 Å². The molecule has 6 nitrogen and oxygen atoms in total. The minimum absolute atomic E-state index is 0.372. The number of aryl methyl sites for hydroxylation is 1. The standard InChI is InChI=1S/C14H19N3OS.C2HF3O2/c1-11-3-4-19-14(11)8-16-6-12-5-15-10-17(12)13(7-16)9-18-2;3-2(4,5)1(6)7/h3-5,10,13H,6-9H2,1-2H3;(H,6,7). The number of imidazole rings is 1. The van der Waals surface area contributed by atoms with Crippen LogP contribution in [0.4, 0.5) is 13.2 Å². The van der Waals surface area contributed by atoms with Gasteiger partial charge in [-0.1, -0.05) is 0 Å². The van der Waals surface area contributed by atoms with Gasteiger partial charge in [-0.2, -0.15) is 13.2 Å². The van der Waals surface area contributed by atoms with Crippen LogP contribution in [0, 0.1) is 6.92 Å². The van der Waals surface area contributed by atoms with E-state index >= 15 is 0 Å². The molecule has 0 aliphatic carbocycles. The fourth-order valence-electron chi connectivity index (χ4n) is 2.68. The number of carbonyl (C=O) groups is 1. The fourth-order valence-corrected chi connectivity index (χ4v) is 3.63. The molecule has 0 radical (unpaired) electrons. The Labute approximate surface area is 152 Å². The molecule has 1 atom stereocenters. The predicted molar refractivity (Wildman–Crippen MR) is 90.0 cm³/mol. The third-order valence-electron chi connectivity index (χ3n) is 3.93. The summed E-state index contributed by atoms with van der Waals surface area (Å²) in [6, 6.07) is 2.57. The Kier molecular flexibility index (Phi) is 6.79. The number of rotatable bonds is 4. The Morgan fingerprint density at radius 3 is 2.73 bits per heavy atom. The first kappa shape index (κ1) is 20.4. The van der Waals surface area contributed by atoms with Gasteiger partial charge in [-0.3, -0.25) is 4.90 Å². The van der Waals surface area contributed by atoms with Crippen molar-refractivity contribution in [2.75, 3.05) is 20.3 Å². The third kappa shape index (κ3) is 5.29. The van der Waals surface area contributed by atoms with Crippen LogP contribution in [0.3, 0.4) is 0 Å². The van der Waals surface area contributed by atoms with Crippen LogP contribution < -0.4 is 0 Å². The summed E-state index contributed by atoms with van der Waals surface area (Å²) in [5.41, 5.74) is 2.68. The number of fused-ring (bicyclic) bond motifs is 1. The van der Waals surface area contributed by atoms with Gasteiger partial charge >= 0.3 is 12.1 Å². The highest BCUT2D eigenvalue weighted by molar-refractivity contribution is 7.10. The number of carboxylic acids is 1. The molecule has 0 aromatic carbocycles. The van der Waals surface area contributed by atoms with Crippen molar-refractivity contribution in [3.63, 3.8) is 0 Å². The topological polar surface area (TPSA) is 67.6 Å². The lowest BCUT2D eigenvalue weighted by molar-refractivity contribution is -0.192. The van der Waals surface area contributed by atoms with Crippen LogP contribution in [0.1, 0.15) is 22.2 Å². The van der Waals surface area contributed by atoms with Gasteiger partial charge in [-0.05, 0) is 23.9 Å². The number of hydrogen-bond acceptors (Lipinski definition) is 5. The van der Waals surface area contributed by atoms with Gasteiger partial charge in [-0.15, -0.1) is 11.3 Å². The van der Waals surface area contributed by atoms with Crippen LogP contribution in [-0.2, 0) is 22.6 Å². The van der Waals surface area contributed by atoms with Gasteiger partial charge in [0.15, 0.2) is 0 Å². The molecule has 2 aromatic rings. The molecule has 2 aromatic heterocycles. The number of ether oxygens (including phenoxy) is 1. The third-order valence-corrected chi connectivity index (χ3v) is 4.94. The number of alkyl halides is 3. The maximum absolute atomic E-state index is 10.6. The van der Waals surface area contributed by atoms with Crippen molar-refractivity contribution in [2.24, 2.45) is 0 Å². The lowest BCUT2D eigenvalue weighted by atomic mass is 10.2. The summed E-state index contributed by atoms with van der Waals surface area (Å²) in [7, 11) is 1.76. The first-order chi connectivity index (χ1) is 12.2. The average Bonchev–Trinajstić information content (AvgIpc) is 3.17. The number of hydrogen-bond donors (Lipinski definition) is 1. The van der Waals surface area contributed by atoms with Crippen LogP contribution in [-0.4, -0.2) is 52.0 Å². The van der Waals surface area contributed by atoms with Crippen LogP contribution >= 0.6 is 11.3 Å². The first-order valence-electron chi connectivity index (χ1n) is 7.77. The molecule has 0 bridgehead atoms. The van der Waals surface area contributed by atoms with Gasteiger partial charge in [0.25, 0.3) is 0 Å². The van der Waals surface area contributed by atoms with E-state index in [2.05, 4.69) is 32.8 Å². The van der Waals surface area contributed by atoms with Crippen LogP contribution in [0.15, 0.2) is 24.0 Å². The monoisotopic (exact) mass is 391 g/mol. The smallest absolute Gasteiger partial charge is 0.475 e. The van der Waals surface area contributed by atoms with Crippen molar-refractivity contribution in [2.45, 2.75) is 32.2 Å². The summed E-state index contributed by atoms with van der Waals surface area (Å²) in [6.07, 6.45) is -1.19. The summed E-state index contributed by atoms with van der Waals surface area (Å²) in [6.45, 7) is 5.94. The Balaban J connectivity index is 0.000000298. The van der Waals surface area contributed by atoms with Crippen LogP contribution in [0.2, 0.25) is 0 Å². The molecule has 1 unspecified atom stereocenters. The van der Waals surface area contributed by atoms with Crippen molar-refractivity contribution in [3.05, 3.63) is 40.1 Å². The maximum Gasteiger partial charge on any atom is 0.490 e. The van der Waals surface area contributed by atoms with Crippen molar-refractivity contribution in [3.8, 4) is 0 Å². The van der Waals surface area contributed by atoms with E-state index in [4.69, 9.17) is 14.6 Å². The molecular weight excluding hydrogens is 371 g/mol. The molecule has 1 aliphatic rings. The number of aromatic nitrogens is 2. The zero-order valence-electron chi connectivity index (χ0n) is 14.4. The molecule has 144 valence electrons. The maximum atomic E-state index is 10.6. The average molecular weight is 391 g/mol. The molecule has 0 saturated carbocycles. The van der Waals surface area contributed by atoms with E-state index in [0.717, 1.165) is 26.2 Å². The summed E-state index contributed by atoms with van der Waals surface area (Å²) >= 11 is 1.85. The number of carboxylic acid groups (broad SMARTS) is 1. The number of halogens is 3. The molecule has 1 aliphatic heterocycles. The predicted octanol–water partition coefficient (Wildman–Crippen LogP) is 3.09. The van der Waals surface area contributed by atoms with E-state index < -0.39 is 12.1 Å². The van der Waals surface area contributed by atoms with E-state index in [0.29, 0.717) is 6.04 Å². The van der Waals surface area contributed by atoms with E-state index in [1.807, 2.05) is 23.9 Å². The second-order valence-electron chi connectivity index (χ2n) is 5.90. The van der Waals surface area contributed by atoms with Gasteiger partial charge in [0, 0.05) is 37.8 Å². The van der Waals surface area contributed by atoms with E-state index in [-0.39, 0.29) is 0 Å². The second-order valence-corrected chi connectivity index (χ2v) is 6.90. The second kappa shape index (κ2) is 8.65. The molecule has 26 heavy (non-hydrogen) atoms. The lowest BCUT2D eigenvalue weighted by Crippen LogP contribution is -2.38. The van der Waals surface area contributed by atoms with E-state index in [1.165, 1.54) is 16.1 Å². The van der Waals surface area contributed by atoms with E-state index in [1.54, 1.807) is 7.11 Å². The number of thiophene rings is 1. The molecule has 3 heterocycles. The molecule has 0 fully saturated rings. The van der Waals surface area contributed by atoms with Crippen LogP contribution in [0.25, 0.3) is 0 Å². The highest BCUT2D eigenvalue weighted by atomic mass is 32.1. The highest BCUT2D eigenvalue weighted by Crippen LogP contribution is 2.25. The summed E-state index contributed by atoms with van der Waals surface area (Å²) in [4.78, 5) is 17.1. The van der Waals surface area contributed by atoms with Crippen molar-refractivity contribution < 1.29 is 27.8 Å². The molecule has 0 spiro atoms. The summed E-state index contributed by atoms with van der Waals surface area (Å²) in [5, 5.41) is 9.30. The van der Waals surface area contributed by atoms with Crippen molar-refractivity contribution >= 4 is 17.3 Å². The number of methoxy groups -OCH3 is 1. The Hall–Kier alpha value is -1.91. The quantitative estimate of drug-likeness (QED) is 0.868. The molecule has 1 N–H and O–H groups in total. The summed E-state index contributed by atoms with van der Waals surface area (Å²) in [5.74, 6) is -2.76. The highest BCUT2D eigenvalue weighted by Gasteiger charge is 2.38. The normalized spacial score (nSPS) is 17.3. The Morgan fingerprint density at radius 1 is 1.50 bits per heavy atom. The van der Waals surface area contributed by atoms with Crippen molar-refractivity contribution in [1.82, 2.24) is 14.5 Å². The fraction of sp³-hybridized carbons (Fsp3) is 0.500. The summed E-state index contributed by atoms with van der Waals surface area (Å²) < 4.78 is 39.3. The number of aliphatic carboxylic acids is 1. The van der Waals surface area contributed by atoms with Gasteiger partial charge in [0.2, 0.25) is 0 Å². The molecule has 10 heteroatoms. The van der Waals surface area contributed by atoms with Gasteiger partial charge in [0.05, 0.1) is 24.7 Å². The molecular formula is C16H20F3N3O3S. The molecule has 0 amide bonds. The molecule has 0 saturated heterocycles. The minimum Gasteiger partial charge on any atom is -0.475 e. The zero-order valence-corrected chi connectivity index (χ0v) is 15.2. The van der Waals surface area contributed by atoms with Gasteiger partial charge in [-0.25, -0.2) is 9.78 Å². The van der Waals surface area contributed by atoms with E-state index in [9.17, 15) is 13.2 Å². The first-order valence-corrected chi connectivity index (χ1v) is 8.65. The van der Waals surface area contributed by atoms with Gasteiger partial charge in [0.1, 0.15) is 0 Å².